The Bertz CT molecular complexity index is 892. The highest BCUT2D eigenvalue weighted by atomic mass is 32.2. The third-order valence-electron chi connectivity index (χ3n) is 4.09. The van der Waals surface area contributed by atoms with Gasteiger partial charge in [-0.2, -0.15) is 0 Å². The molecule has 2 aromatic rings. The van der Waals surface area contributed by atoms with Crippen molar-refractivity contribution in [2.75, 3.05) is 11.4 Å². The van der Waals surface area contributed by atoms with Crippen molar-refractivity contribution < 1.29 is 18.0 Å². The second kappa shape index (κ2) is 6.78. The van der Waals surface area contributed by atoms with Gasteiger partial charge < -0.3 is 4.90 Å². The molecule has 1 saturated heterocycles. The zero-order valence-electron chi connectivity index (χ0n) is 13.7. The van der Waals surface area contributed by atoms with Crippen LogP contribution in [0.15, 0.2) is 59.5 Å². The van der Waals surface area contributed by atoms with Crippen LogP contribution in [0.4, 0.5) is 5.69 Å². The lowest BCUT2D eigenvalue weighted by atomic mass is 10.2. The van der Waals surface area contributed by atoms with E-state index >= 15 is 0 Å². The molecule has 6 nitrogen and oxygen atoms in total. The Morgan fingerprint density at radius 1 is 1.08 bits per heavy atom. The first-order valence-electron chi connectivity index (χ1n) is 7.85. The van der Waals surface area contributed by atoms with E-state index in [9.17, 15) is 18.0 Å². The predicted molar refractivity (Wildman–Crippen MR) is 94.0 cm³/mol. The lowest BCUT2D eigenvalue weighted by molar-refractivity contribution is -0.117. The number of Topliss-reactive ketones (excluding diaryl/α,β-unsaturated/α-hetero) is 1. The first kappa shape index (κ1) is 17.3. The number of amides is 1. The predicted octanol–water partition coefficient (Wildman–Crippen LogP) is 1.97. The monoisotopic (exact) mass is 358 g/mol. The van der Waals surface area contributed by atoms with Crippen molar-refractivity contribution in [2.45, 2.75) is 24.3 Å². The van der Waals surface area contributed by atoms with Gasteiger partial charge in [0, 0.05) is 30.3 Å². The van der Waals surface area contributed by atoms with Crippen LogP contribution < -0.4 is 9.62 Å². The molecular weight excluding hydrogens is 340 g/mol. The largest absolute Gasteiger partial charge is 0.311 e. The summed E-state index contributed by atoms with van der Waals surface area (Å²) in [6, 6.07) is 14.4. The van der Waals surface area contributed by atoms with Crippen LogP contribution in [-0.2, 0) is 14.8 Å². The molecule has 1 atom stereocenters. The number of nitrogens with zero attached hydrogens (tertiary/aromatic N) is 1. The first-order valence-corrected chi connectivity index (χ1v) is 9.34. The van der Waals surface area contributed by atoms with Crippen molar-refractivity contribution >= 4 is 27.4 Å². The van der Waals surface area contributed by atoms with E-state index in [1.165, 1.54) is 31.2 Å². The number of carbonyl (C=O) groups excluding carboxylic acids is 2. The third-order valence-corrected chi connectivity index (χ3v) is 5.62. The van der Waals surface area contributed by atoms with Crippen LogP contribution in [0.25, 0.3) is 0 Å². The molecule has 130 valence electrons. The standard InChI is InChI=1S/C18H18N2O4S/c1-13(21)14-7-9-17(10-8-14)25(23,24)19-15-11-18(22)20(12-15)16-5-3-2-4-6-16/h2-10,15,19H,11-12H2,1H3/t15-/m1/s1. The second-order valence-corrected chi connectivity index (χ2v) is 7.66. The zero-order chi connectivity index (χ0) is 18.0. The van der Waals surface area contributed by atoms with E-state index in [2.05, 4.69) is 4.72 Å². The number of sulfonamides is 1. The summed E-state index contributed by atoms with van der Waals surface area (Å²) in [6.45, 7) is 1.71. The third kappa shape index (κ3) is 3.78. The number of anilines is 1. The zero-order valence-corrected chi connectivity index (χ0v) is 14.5. The Labute approximate surface area is 146 Å². The molecular formula is C18H18N2O4S. The molecule has 3 rings (SSSR count). The summed E-state index contributed by atoms with van der Waals surface area (Å²) in [5.74, 6) is -0.248. The number of benzene rings is 2. The number of nitrogens with one attached hydrogen (secondary N) is 1. The van der Waals surface area contributed by atoms with Crippen molar-refractivity contribution in [1.29, 1.82) is 0 Å². The summed E-state index contributed by atoms with van der Waals surface area (Å²) in [5.41, 5.74) is 1.20. The van der Waals surface area contributed by atoms with E-state index in [1.807, 2.05) is 30.3 Å². The maximum absolute atomic E-state index is 12.5. The lowest BCUT2D eigenvalue weighted by Crippen LogP contribution is -2.37. The van der Waals surface area contributed by atoms with Crippen molar-refractivity contribution in [2.24, 2.45) is 0 Å². The average Bonchev–Trinajstić information content (AvgIpc) is 2.95. The Morgan fingerprint density at radius 3 is 2.32 bits per heavy atom. The van der Waals surface area contributed by atoms with E-state index in [4.69, 9.17) is 0 Å². The fourth-order valence-electron chi connectivity index (χ4n) is 2.80. The molecule has 0 radical (unpaired) electrons. The van der Waals surface area contributed by atoms with Crippen LogP contribution in [-0.4, -0.2) is 32.7 Å². The number of para-hydroxylation sites is 1. The Balaban J connectivity index is 1.73. The van der Waals surface area contributed by atoms with Crippen LogP contribution in [0.2, 0.25) is 0 Å². The van der Waals surface area contributed by atoms with Crippen LogP contribution in [0, 0.1) is 0 Å². The van der Waals surface area contributed by atoms with Gasteiger partial charge in [-0.1, -0.05) is 30.3 Å². The maximum atomic E-state index is 12.5. The van der Waals surface area contributed by atoms with Gasteiger partial charge in [0.1, 0.15) is 0 Å². The van der Waals surface area contributed by atoms with E-state index in [0.29, 0.717) is 5.56 Å². The summed E-state index contributed by atoms with van der Waals surface area (Å²) in [4.78, 5) is 25.1. The smallest absolute Gasteiger partial charge is 0.240 e. The minimum atomic E-state index is -3.76. The molecule has 0 saturated carbocycles. The molecule has 1 N–H and O–H groups in total. The number of rotatable bonds is 5. The minimum absolute atomic E-state index is 0.0723. The molecule has 0 aliphatic carbocycles. The highest BCUT2D eigenvalue weighted by Crippen LogP contribution is 2.22. The van der Waals surface area contributed by atoms with Gasteiger partial charge in [0.05, 0.1) is 4.90 Å². The fraction of sp³-hybridized carbons (Fsp3) is 0.222. The Morgan fingerprint density at radius 2 is 1.72 bits per heavy atom. The normalized spacial score (nSPS) is 17.7. The molecule has 1 heterocycles. The van der Waals surface area contributed by atoms with Gasteiger partial charge in [-0.3, -0.25) is 9.59 Å². The summed E-state index contributed by atoms with van der Waals surface area (Å²) in [7, 11) is -3.76. The van der Waals surface area contributed by atoms with Gasteiger partial charge in [0.2, 0.25) is 15.9 Å². The number of ketones is 1. The van der Waals surface area contributed by atoms with Crippen molar-refractivity contribution in [3.05, 3.63) is 60.2 Å². The molecule has 0 aromatic heterocycles. The molecule has 1 aliphatic rings. The maximum Gasteiger partial charge on any atom is 0.240 e. The van der Waals surface area contributed by atoms with Gasteiger partial charge in [-0.05, 0) is 31.2 Å². The van der Waals surface area contributed by atoms with Crippen molar-refractivity contribution in [3.63, 3.8) is 0 Å². The van der Waals surface area contributed by atoms with E-state index in [0.717, 1.165) is 5.69 Å². The number of hydrogen-bond acceptors (Lipinski definition) is 4. The Hall–Kier alpha value is -2.51. The van der Waals surface area contributed by atoms with E-state index in [-0.39, 0.29) is 29.6 Å². The average molecular weight is 358 g/mol. The Kier molecular flexibility index (Phi) is 4.69. The molecule has 0 unspecified atom stereocenters. The first-order chi connectivity index (χ1) is 11.9. The molecule has 1 aliphatic heterocycles. The van der Waals surface area contributed by atoms with Crippen LogP contribution in [0.5, 0.6) is 0 Å². The minimum Gasteiger partial charge on any atom is -0.311 e. The molecule has 7 heteroatoms. The lowest BCUT2D eigenvalue weighted by Gasteiger charge is -2.17. The van der Waals surface area contributed by atoms with Crippen LogP contribution in [0.3, 0.4) is 0 Å². The number of carbonyl (C=O) groups is 2. The van der Waals surface area contributed by atoms with E-state index in [1.54, 1.807) is 4.90 Å². The van der Waals surface area contributed by atoms with Crippen LogP contribution >= 0.6 is 0 Å². The second-order valence-electron chi connectivity index (χ2n) is 5.94. The van der Waals surface area contributed by atoms with Gasteiger partial charge in [0.25, 0.3) is 0 Å². The summed E-state index contributed by atoms with van der Waals surface area (Å²) >= 11 is 0. The topological polar surface area (TPSA) is 83.5 Å². The fourth-order valence-corrected chi connectivity index (χ4v) is 4.03. The van der Waals surface area contributed by atoms with Gasteiger partial charge in [-0.25, -0.2) is 13.1 Å². The molecule has 2 aromatic carbocycles. The van der Waals surface area contributed by atoms with Gasteiger partial charge in [-0.15, -0.1) is 0 Å². The molecule has 0 bridgehead atoms. The molecule has 25 heavy (non-hydrogen) atoms. The molecule has 1 amide bonds. The van der Waals surface area contributed by atoms with Gasteiger partial charge in [0.15, 0.2) is 5.78 Å². The van der Waals surface area contributed by atoms with E-state index < -0.39 is 16.1 Å². The quantitative estimate of drug-likeness (QED) is 0.829. The highest BCUT2D eigenvalue weighted by Gasteiger charge is 2.33. The SMILES string of the molecule is CC(=O)c1ccc(S(=O)(=O)N[C@@H]2CC(=O)N(c3ccccc3)C2)cc1. The van der Waals surface area contributed by atoms with Crippen LogP contribution in [0.1, 0.15) is 23.7 Å². The molecule has 0 spiro atoms. The summed E-state index contributed by atoms with van der Waals surface area (Å²) < 4.78 is 27.6. The molecule has 1 fully saturated rings. The van der Waals surface area contributed by atoms with Crippen molar-refractivity contribution in [3.8, 4) is 0 Å². The van der Waals surface area contributed by atoms with Gasteiger partial charge >= 0.3 is 0 Å². The summed E-state index contributed by atoms with van der Waals surface area (Å²) in [6.07, 6.45) is 0.111. The highest BCUT2D eigenvalue weighted by molar-refractivity contribution is 7.89. The van der Waals surface area contributed by atoms with Crippen molar-refractivity contribution in [1.82, 2.24) is 4.72 Å². The number of hydrogen-bond donors (Lipinski definition) is 1. The summed E-state index contributed by atoms with van der Waals surface area (Å²) in [5, 5.41) is 0.